The van der Waals surface area contributed by atoms with Gasteiger partial charge in [-0.25, -0.2) is 4.98 Å². The van der Waals surface area contributed by atoms with Gasteiger partial charge < -0.3 is 10.1 Å². The third kappa shape index (κ3) is 4.00. The van der Waals surface area contributed by atoms with E-state index in [2.05, 4.69) is 20.5 Å². The monoisotopic (exact) mass is 362 g/mol. The number of aromatic nitrogens is 3. The molecule has 0 unspecified atom stereocenters. The number of H-pyrrole nitrogens is 1. The lowest BCUT2D eigenvalue weighted by Gasteiger charge is -2.14. The highest BCUT2D eigenvalue weighted by atomic mass is 16.5. The van der Waals surface area contributed by atoms with Crippen molar-refractivity contribution in [2.45, 2.75) is 38.7 Å². The quantitative estimate of drug-likeness (QED) is 0.681. The van der Waals surface area contributed by atoms with Gasteiger partial charge >= 0.3 is 0 Å². The minimum absolute atomic E-state index is 0.00585. The Morgan fingerprint density at radius 3 is 2.78 bits per heavy atom. The van der Waals surface area contributed by atoms with E-state index in [1.807, 2.05) is 50.2 Å². The van der Waals surface area contributed by atoms with Gasteiger partial charge in [-0.05, 0) is 51.0 Å². The molecule has 6 heteroatoms. The minimum Gasteiger partial charge on any atom is -0.490 e. The molecule has 1 amide bonds. The van der Waals surface area contributed by atoms with Crippen molar-refractivity contribution in [1.82, 2.24) is 15.2 Å². The molecule has 2 N–H and O–H groups in total. The van der Waals surface area contributed by atoms with Crippen LogP contribution in [0.2, 0.25) is 0 Å². The first-order valence-electron chi connectivity index (χ1n) is 9.20. The fourth-order valence-electron chi connectivity index (χ4n) is 2.89. The van der Waals surface area contributed by atoms with Gasteiger partial charge in [0.05, 0.1) is 11.7 Å². The van der Waals surface area contributed by atoms with E-state index < -0.39 is 0 Å². The highest BCUT2D eigenvalue weighted by molar-refractivity contribution is 6.06. The van der Waals surface area contributed by atoms with E-state index in [0.717, 1.165) is 11.4 Å². The lowest BCUT2D eigenvalue weighted by molar-refractivity contribution is 0.102. The van der Waals surface area contributed by atoms with Crippen molar-refractivity contribution in [3.8, 4) is 17.1 Å². The van der Waals surface area contributed by atoms with E-state index in [9.17, 15) is 4.79 Å². The summed E-state index contributed by atoms with van der Waals surface area (Å²) in [4.78, 5) is 17.3. The standard InChI is InChI=1S/C21H22N4O2/c1-13(2)27-18-9-4-3-8-17(18)21(26)22-16-7-5-6-15(12-16)20-23-19(24-25-20)14-10-11-14/h3-9,12-14H,10-11H2,1-2H3,(H,22,26)(H,23,24,25). The first-order valence-corrected chi connectivity index (χ1v) is 9.20. The van der Waals surface area contributed by atoms with Gasteiger partial charge in [-0.1, -0.05) is 24.3 Å². The summed E-state index contributed by atoms with van der Waals surface area (Å²) >= 11 is 0. The Morgan fingerprint density at radius 1 is 1.19 bits per heavy atom. The van der Waals surface area contributed by atoms with Gasteiger partial charge in [0.25, 0.3) is 5.91 Å². The highest BCUT2D eigenvalue weighted by Crippen LogP contribution is 2.38. The largest absolute Gasteiger partial charge is 0.490 e. The maximum Gasteiger partial charge on any atom is 0.259 e. The van der Waals surface area contributed by atoms with Crippen molar-refractivity contribution < 1.29 is 9.53 Å². The lowest BCUT2D eigenvalue weighted by Crippen LogP contribution is -2.15. The molecule has 1 aromatic heterocycles. The van der Waals surface area contributed by atoms with Crippen molar-refractivity contribution in [3.05, 3.63) is 59.9 Å². The zero-order valence-corrected chi connectivity index (χ0v) is 15.4. The Balaban J connectivity index is 1.53. The van der Waals surface area contributed by atoms with Crippen molar-refractivity contribution in [2.75, 3.05) is 5.32 Å². The molecule has 0 aliphatic heterocycles. The maximum absolute atomic E-state index is 12.7. The van der Waals surface area contributed by atoms with Gasteiger partial charge in [-0.2, -0.15) is 5.10 Å². The van der Waals surface area contributed by atoms with Crippen LogP contribution in [0.25, 0.3) is 11.4 Å². The van der Waals surface area contributed by atoms with Crippen LogP contribution in [0.5, 0.6) is 5.75 Å². The van der Waals surface area contributed by atoms with E-state index in [0.29, 0.717) is 28.7 Å². The average molecular weight is 362 g/mol. The number of anilines is 1. The number of ether oxygens (including phenoxy) is 1. The molecule has 6 nitrogen and oxygen atoms in total. The number of nitrogens with one attached hydrogen (secondary N) is 2. The molecule has 0 saturated heterocycles. The van der Waals surface area contributed by atoms with Crippen LogP contribution in [0.1, 0.15) is 48.8 Å². The number of nitrogens with zero attached hydrogens (tertiary/aromatic N) is 2. The normalized spacial score (nSPS) is 13.6. The van der Waals surface area contributed by atoms with Crippen LogP contribution in [-0.2, 0) is 0 Å². The molecular weight excluding hydrogens is 340 g/mol. The molecular formula is C21H22N4O2. The Hall–Kier alpha value is -3.15. The van der Waals surface area contributed by atoms with Crippen molar-refractivity contribution >= 4 is 11.6 Å². The van der Waals surface area contributed by atoms with Crippen molar-refractivity contribution in [3.63, 3.8) is 0 Å². The summed E-state index contributed by atoms with van der Waals surface area (Å²) in [6, 6.07) is 14.8. The van der Waals surface area contributed by atoms with Crippen molar-refractivity contribution in [2.24, 2.45) is 0 Å². The second-order valence-electron chi connectivity index (χ2n) is 7.02. The molecule has 0 spiro atoms. The zero-order chi connectivity index (χ0) is 18.8. The first-order chi connectivity index (χ1) is 13.1. The van der Waals surface area contributed by atoms with Crippen LogP contribution in [0, 0.1) is 0 Å². The highest BCUT2D eigenvalue weighted by Gasteiger charge is 2.27. The van der Waals surface area contributed by atoms with Crippen LogP contribution in [-0.4, -0.2) is 27.2 Å². The summed E-state index contributed by atoms with van der Waals surface area (Å²) in [5.41, 5.74) is 2.06. The molecule has 1 saturated carbocycles. The van der Waals surface area contributed by atoms with Gasteiger partial charge in [-0.3, -0.25) is 9.89 Å². The number of benzene rings is 2. The van der Waals surface area contributed by atoms with E-state index in [1.54, 1.807) is 12.1 Å². The first kappa shape index (κ1) is 17.3. The third-order valence-electron chi connectivity index (χ3n) is 4.34. The van der Waals surface area contributed by atoms with Crippen molar-refractivity contribution in [1.29, 1.82) is 0 Å². The van der Waals surface area contributed by atoms with Gasteiger partial charge in [0.15, 0.2) is 5.82 Å². The predicted molar refractivity (Wildman–Crippen MR) is 104 cm³/mol. The molecule has 4 rings (SSSR count). The van der Waals surface area contributed by atoms with Gasteiger partial charge in [0.2, 0.25) is 0 Å². The number of hydrogen-bond acceptors (Lipinski definition) is 4. The van der Waals surface area contributed by atoms with Gasteiger partial charge in [-0.15, -0.1) is 0 Å². The number of hydrogen-bond donors (Lipinski definition) is 2. The average Bonchev–Trinajstić information content (AvgIpc) is 3.38. The Bertz CT molecular complexity index is 960. The molecule has 1 aliphatic rings. The second-order valence-corrected chi connectivity index (χ2v) is 7.02. The molecule has 138 valence electrons. The topological polar surface area (TPSA) is 79.9 Å². The van der Waals surface area contributed by atoms with Crippen LogP contribution in [0.15, 0.2) is 48.5 Å². The SMILES string of the molecule is CC(C)Oc1ccccc1C(=O)Nc1cccc(-c2n[nH]c(C3CC3)n2)c1. The number of rotatable bonds is 6. The summed E-state index contributed by atoms with van der Waals surface area (Å²) in [5, 5.41) is 10.3. The Labute approximate surface area is 158 Å². The number of carbonyl (C=O) groups is 1. The summed E-state index contributed by atoms with van der Waals surface area (Å²) < 4.78 is 5.74. The Morgan fingerprint density at radius 2 is 2.00 bits per heavy atom. The minimum atomic E-state index is -0.211. The number of para-hydroxylation sites is 1. The van der Waals surface area contributed by atoms with E-state index >= 15 is 0 Å². The van der Waals surface area contributed by atoms with Crippen LogP contribution in [0.4, 0.5) is 5.69 Å². The number of carbonyl (C=O) groups excluding carboxylic acids is 1. The van der Waals surface area contributed by atoms with Crippen LogP contribution >= 0.6 is 0 Å². The summed E-state index contributed by atoms with van der Waals surface area (Å²) in [7, 11) is 0. The van der Waals surface area contributed by atoms with E-state index in [-0.39, 0.29) is 12.0 Å². The molecule has 0 radical (unpaired) electrons. The fourth-order valence-corrected chi connectivity index (χ4v) is 2.89. The smallest absolute Gasteiger partial charge is 0.259 e. The molecule has 3 aromatic rings. The fraction of sp³-hybridized carbons (Fsp3) is 0.286. The second kappa shape index (κ2) is 7.23. The number of amides is 1. The van der Waals surface area contributed by atoms with E-state index in [1.165, 1.54) is 12.8 Å². The van der Waals surface area contributed by atoms with Gasteiger partial charge in [0.1, 0.15) is 11.6 Å². The zero-order valence-electron chi connectivity index (χ0n) is 15.4. The van der Waals surface area contributed by atoms with Crippen LogP contribution in [0.3, 0.4) is 0 Å². The summed E-state index contributed by atoms with van der Waals surface area (Å²) in [5.74, 6) is 2.48. The molecule has 1 aliphatic carbocycles. The molecule has 27 heavy (non-hydrogen) atoms. The third-order valence-corrected chi connectivity index (χ3v) is 4.34. The predicted octanol–water partition coefficient (Wildman–Crippen LogP) is 4.39. The summed E-state index contributed by atoms with van der Waals surface area (Å²) in [6.07, 6.45) is 2.33. The molecule has 0 atom stereocenters. The van der Waals surface area contributed by atoms with Gasteiger partial charge in [0, 0.05) is 17.2 Å². The van der Waals surface area contributed by atoms with E-state index in [4.69, 9.17) is 4.74 Å². The maximum atomic E-state index is 12.7. The molecule has 1 fully saturated rings. The number of aromatic amines is 1. The van der Waals surface area contributed by atoms with Crippen LogP contribution < -0.4 is 10.1 Å². The molecule has 0 bridgehead atoms. The molecule has 1 heterocycles. The Kier molecular flexibility index (Phi) is 4.62. The molecule has 2 aromatic carbocycles. The summed E-state index contributed by atoms with van der Waals surface area (Å²) in [6.45, 7) is 3.87. The lowest BCUT2D eigenvalue weighted by atomic mass is 10.1.